The van der Waals surface area contributed by atoms with E-state index in [9.17, 15) is 9.59 Å². The lowest BCUT2D eigenvalue weighted by Gasteiger charge is -2.00. The van der Waals surface area contributed by atoms with Crippen molar-refractivity contribution in [3.63, 3.8) is 0 Å². The van der Waals surface area contributed by atoms with E-state index < -0.39 is 0 Å². The maximum atomic E-state index is 12.6. The first-order chi connectivity index (χ1) is 12.0. The van der Waals surface area contributed by atoms with Crippen LogP contribution in [0, 0.1) is 6.92 Å². The van der Waals surface area contributed by atoms with E-state index in [-0.39, 0.29) is 11.5 Å². The summed E-state index contributed by atoms with van der Waals surface area (Å²) in [7, 11) is 1.65. The number of thiazole rings is 1. The summed E-state index contributed by atoms with van der Waals surface area (Å²) in [5.74, 6) is -0.269. The van der Waals surface area contributed by atoms with Gasteiger partial charge in [-0.25, -0.2) is 9.97 Å². The van der Waals surface area contributed by atoms with Crippen LogP contribution < -0.4 is 10.9 Å². The number of anilines is 1. The van der Waals surface area contributed by atoms with Crippen LogP contribution >= 0.6 is 34.0 Å². The van der Waals surface area contributed by atoms with Crippen molar-refractivity contribution in [2.75, 3.05) is 5.32 Å². The van der Waals surface area contributed by atoms with Gasteiger partial charge in [0, 0.05) is 12.4 Å². The van der Waals surface area contributed by atoms with Crippen LogP contribution in [-0.4, -0.2) is 20.4 Å². The van der Waals surface area contributed by atoms with Crippen molar-refractivity contribution in [1.82, 2.24) is 14.5 Å². The lowest BCUT2D eigenvalue weighted by atomic mass is 10.2. The molecule has 0 fully saturated rings. The molecule has 0 aliphatic carbocycles. The summed E-state index contributed by atoms with van der Waals surface area (Å²) in [5, 5.41) is 7.76. The molecular formula is C16H12N4O2S3. The number of carbonyl (C=O) groups is 1. The second-order valence-corrected chi connectivity index (χ2v) is 8.17. The fraction of sp³-hybridized carbons (Fsp3) is 0.125. The Balaban J connectivity index is 1.66. The number of nitrogens with zero attached hydrogens (tertiary/aromatic N) is 3. The van der Waals surface area contributed by atoms with Gasteiger partial charge in [-0.2, -0.15) is 0 Å². The number of nitrogens with one attached hydrogen (secondary N) is 1. The molecule has 1 N–H and O–H groups in total. The molecule has 0 saturated heterocycles. The topological polar surface area (TPSA) is 76.9 Å². The van der Waals surface area contributed by atoms with Gasteiger partial charge in [0.15, 0.2) is 5.13 Å². The maximum absolute atomic E-state index is 12.6. The summed E-state index contributed by atoms with van der Waals surface area (Å²) in [6.07, 6.45) is 1.47. The Morgan fingerprint density at radius 3 is 2.92 bits per heavy atom. The smallest absolute Gasteiger partial charge is 0.267 e. The minimum Gasteiger partial charge on any atom is -0.302 e. The van der Waals surface area contributed by atoms with Gasteiger partial charge in [0.05, 0.1) is 27.2 Å². The van der Waals surface area contributed by atoms with E-state index >= 15 is 0 Å². The molecule has 9 heteroatoms. The van der Waals surface area contributed by atoms with Gasteiger partial charge in [-0.15, -0.1) is 34.0 Å². The molecule has 0 spiro atoms. The van der Waals surface area contributed by atoms with E-state index in [1.165, 1.54) is 33.6 Å². The summed E-state index contributed by atoms with van der Waals surface area (Å²) in [6, 6.07) is 3.95. The van der Waals surface area contributed by atoms with E-state index in [1.54, 1.807) is 25.3 Å². The number of fused-ring (bicyclic) bond motifs is 1. The molecular weight excluding hydrogens is 376 g/mol. The Bertz CT molecular complexity index is 1140. The van der Waals surface area contributed by atoms with Gasteiger partial charge in [0.25, 0.3) is 11.5 Å². The molecule has 0 unspecified atom stereocenters. The Kier molecular flexibility index (Phi) is 3.98. The Morgan fingerprint density at radius 1 is 1.32 bits per heavy atom. The normalized spacial score (nSPS) is 11.1. The molecule has 0 aromatic carbocycles. The molecule has 4 heterocycles. The maximum Gasteiger partial charge on any atom is 0.267 e. The van der Waals surface area contributed by atoms with Crippen LogP contribution in [-0.2, 0) is 7.05 Å². The third-order valence-corrected chi connectivity index (χ3v) is 6.56. The third kappa shape index (κ3) is 2.80. The number of aromatic nitrogens is 3. The van der Waals surface area contributed by atoms with E-state index in [1.807, 2.05) is 22.9 Å². The van der Waals surface area contributed by atoms with Gasteiger partial charge in [0.2, 0.25) is 0 Å². The number of aryl methyl sites for hydroxylation is 2. The van der Waals surface area contributed by atoms with Crippen LogP contribution in [0.3, 0.4) is 0 Å². The number of carbonyl (C=O) groups excluding carboxylic acids is 1. The van der Waals surface area contributed by atoms with Crippen molar-refractivity contribution in [2.24, 2.45) is 7.05 Å². The Hall–Kier alpha value is -2.36. The molecule has 6 nitrogen and oxygen atoms in total. The van der Waals surface area contributed by atoms with E-state index in [0.717, 1.165) is 10.6 Å². The van der Waals surface area contributed by atoms with Crippen molar-refractivity contribution < 1.29 is 4.79 Å². The molecule has 4 aromatic rings. The van der Waals surface area contributed by atoms with Crippen molar-refractivity contribution in [3.8, 4) is 10.6 Å². The predicted octanol–water partition coefficient (Wildman–Crippen LogP) is 3.74. The molecule has 25 heavy (non-hydrogen) atoms. The molecule has 1 amide bonds. The molecule has 0 bridgehead atoms. The number of rotatable bonds is 3. The van der Waals surface area contributed by atoms with Gasteiger partial charge in [-0.1, -0.05) is 6.07 Å². The number of amides is 1. The second-order valence-electron chi connectivity index (χ2n) is 5.37. The molecule has 0 radical (unpaired) electrons. The lowest BCUT2D eigenvalue weighted by molar-refractivity contribution is 0.103. The summed E-state index contributed by atoms with van der Waals surface area (Å²) >= 11 is 4.20. The van der Waals surface area contributed by atoms with Gasteiger partial charge in [-0.05, 0) is 23.9 Å². The average molecular weight is 388 g/mol. The molecule has 0 aliphatic rings. The van der Waals surface area contributed by atoms with Crippen molar-refractivity contribution >= 4 is 55.3 Å². The molecule has 0 aliphatic heterocycles. The van der Waals surface area contributed by atoms with Crippen LogP contribution in [0.1, 0.15) is 15.2 Å². The summed E-state index contributed by atoms with van der Waals surface area (Å²) in [6.45, 7) is 1.77. The summed E-state index contributed by atoms with van der Waals surface area (Å²) < 4.78 is 1.41. The van der Waals surface area contributed by atoms with E-state index in [4.69, 9.17) is 0 Å². The zero-order valence-electron chi connectivity index (χ0n) is 13.3. The highest BCUT2D eigenvalue weighted by molar-refractivity contribution is 7.21. The first-order valence-corrected chi connectivity index (χ1v) is 9.87. The lowest BCUT2D eigenvalue weighted by Crippen LogP contribution is -2.17. The largest absolute Gasteiger partial charge is 0.302 e. The zero-order chi connectivity index (χ0) is 17.6. The fourth-order valence-electron chi connectivity index (χ4n) is 2.45. The van der Waals surface area contributed by atoms with Gasteiger partial charge < -0.3 is 4.57 Å². The quantitative estimate of drug-likeness (QED) is 0.580. The first-order valence-electron chi connectivity index (χ1n) is 7.30. The van der Waals surface area contributed by atoms with Crippen LogP contribution in [0.4, 0.5) is 5.13 Å². The van der Waals surface area contributed by atoms with Crippen molar-refractivity contribution in [1.29, 1.82) is 0 Å². The Morgan fingerprint density at radius 2 is 2.16 bits per heavy atom. The van der Waals surface area contributed by atoms with Gasteiger partial charge in [-0.3, -0.25) is 14.9 Å². The highest BCUT2D eigenvalue weighted by Gasteiger charge is 2.20. The molecule has 126 valence electrons. The fourth-order valence-corrected chi connectivity index (χ4v) is 4.95. The minimum atomic E-state index is -0.269. The standard InChI is InChI=1S/C16H12N4O2S3/c1-8-11-14(17-7-20(2)15(11)22)25-12(8)13(21)19-16-18-9(6-24-16)10-4-3-5-23-10/h3-7H,1-2H3,(H,18,19,21). The predicted molar refractivity (Wildman–Crippen MR) is 103 cm³/mol. The summed E-state index contributed by atoms with van der Waals surface area (Å²) in [4.78, 5) is 35.7. The highest BCUT2D eigenvalue weighted by Crippen LogP contribution is 2.30. The summed E-state index contributed by atoms with van der Waals surface area (Å²) in [5.41, 5.74) is 1.35. The number of hydrogen-bond acceptors (Lipinski definition) is 7. The minimum absolute atomic E-state index is 0.146. The van der Waals surface area contributed by atoms with Gasteiger partial charge >= 0.3 is 0 Å². The van der Waals surface area contributed by atoms with Crippen molar-refractivity contribution in [3.05, 3.63) is 50.0 Å². The van der Waals surface area contributed by atoms with E-state index in [2.05, 4.69) is 15.3 Å². The highest BCUT2D eigenvalue weighted by atomic mass is 32.1. The zero-order valence-corrected chi connectivity index (χ0v) is 15.7. The van der Waals surface area contributed by atoms with Crippen LogP contribution in [0.2, 0.25) is 0 Å². The first kappa shape index (κ1) is 16.1. The number of thiophene rings is 2. The second kappa shape index (κ2) is 6.17. The average Bonchev–Trinajstić information content (AvgIpc) is 3.30. The molecule has 4 rings (SSSR count). The Labute approximate surface area is 154 Å². The van der Waals surface area contributed by atoms with E-state index in [0.29, 0.717) is 25.8 Å². The molecule has 0 saturated carbocycles. The monoisotopic (exact) mass is 388 g/mol. The number of hydrogen-bond donors (Lipinski definition) is 1. The third-order valence-electron chi connectivity index (χ3n) is 3.72. The van der Waals surface area contributed by atoms with Gasteiger partial charge in [0.1, 0.15) is 4.83 Å². The SMILES string of the molecule is Cc1c(C(=O)Nc2nc(-c3cccs3)cs2)sc2ncn(C)c(=O)c12. The van der Waals surface area contributed by atoms with Crippen LogP contribution in [0.5, 0.6) is 0 Å². The molecule has 0 atom stereocenters. The molecule has 4 aromatic heterocycles. The van der Waals surface area contributed by atoms with Crippen LogP contribution in [0.25, 0.3) is 20.8 Å². The van der Waals surface area contributed by atoms with Crippen molar-refractivity contribution in [2.45, 2.75) is 6.92 Å². The van der Waals surface area contributed by atoms with Crippen LogP contribution in [0.15, 0.2) is 34.0 Å².